The number of aryl methyl sites for hydroxylation is 1. The molecular weight excluding hydrogens is 406 g/mol. The van der Waals surface area contributed by atoms with Crippen molar-refractivity contribution in [1.29, 1.82) is 0 Å². The molecular formula is C22H28ClN3O4. The molecule has 0 unspecified atom stereocenters. The second kappa shape index (κ2) is 10.8. The first kappa shape index (κ1) is 23.5. The number of aromatic nitrogens is 1. The minimum Gasteiger partial charge on any atom is -0.493 e. The number of ether oxygens (including phenoxy) is 2. The summed E-state index contributed by atoms with van der Waals surface area (Å²) in [6.45, 7) is 6.46. The molecule has 0 aliphatic carbocycles. The zero-order valence-electron chi connectivity index (χ0n) is 18.0. The van der Waals surface area contributed by atoms with Gasteiger partial charge in [0.1, 0.15) is 5.82 Å². The molecule has 30 heavy (non-hydrogen) atoms. The molecule has 0 radical (unpaired) electrons. The molecule has 0 fully saturated rings. The fourth-order valence-electron chi connectivity index (χ4n) is 2.67. The van der Waals surface area contributed by atoms with E-state index < -0.39 is 0 Å². The van der Waals surface area contributed by atoms with Gasteiger partial charge in [0.15, 0.2) is 11.5 Å². The van der Waals surface area contributed by atoms with E-state index >= 15 is 0 Å². The maximum atomic E-state index is 12.8. The fourth-order valence-corrected chi connectivity index (χ4v) is 2.94. The fraction of sp³-hybridized carbons (Fsp3) is 0.409. The van der Waals surface area contributed by atoms with Gasteiger partial charge in [-0.15, -0.1) is 0 Å². The Morgan fingerprint density at radius 1 is 1.27 bits per heavy atom. The molecule has 2 aromatic rings. The maximum Gasteiger partial charge on any atom is 0.254 e. The number of anilines is 1. The van der Waals surface area contributed by atoms with Crippen molar-refractivity contribution in [2.45, 2.75) is 27.2 Å². The van der Waals surface area contributed by atoms with Gasteiger partial charge in [0.2, 0.25) is 5.91 Å². The number of likely N-dealkylation sites (N-methyl/N-ethyl adjacent to an activating group) is 1. The smallest absolute Gasteiger partial charge is 0.254 e. The summed E-state index contributed by atoms with van der Waals surface area (Å²) in [5, 5.41) is 2.96. The van der Waals surface area contributed by atoms with Gasteiger partial charge in [-0.25, -0.2) is 4.98 Å². The molecule has 1 heterocycles. The van der Waals surface area contributed by atoms with Crippen molar-refractivity contribution < 1.29 is 19.1 Å². The number of amides is 2. The van der Waals surface area contributed by atoms with Crippen molar-refractivity contribution in [3.05, 3.63) is 46.6 Å². The predicted molar refractivity (Wildman–Crippen MR) is 118 cm³/mol. The van der Waals surface area contributed by atoms with Crippen molar-refractivity contribution in [2.24, 2.45) is 5.92 Å². The molecule has 0 saturated heterocycles. The van der Waals surface area contributed by atoms with Crippen LogP contribution in [0.4, 0.5) is 5.82 Å². The topological polar surface area (TPSA) is 80.8 Å². The van der Waals surface area contributed by atoms with Gasteiger partial charge in [-0.1, -0.05) is 25.4 Å². The van der Waals surface area contributed by atoms with Crippen molar-refractivity contribution in [2.75, 3.05) is 32.6 Å². The lowest BCUT2D eigenvalue weighted by Gasteiger charge is -2.19. The van der Waals surface area contributed by atoms with Crippen LogP contribution in [-0.4, -0.2) is 49.0 Å². The van der Waals surface area contributed by atoms with Crippen molar-refractivity contribution >= 4 is 29.2 Å². The highest BCUT2D eigenvalue weighted by Gasteiger charge is 2.20. The number of benzene rings is 1. The number of carbonyl (C=O) groups excluding carboxylic acids is 2. The highest BCUT2D eigenvalue weighted by Crippen LogP contribution is 2.37. The van der Waals surface area contributed by atoms with Gasteiger partial charge in [0.25, 0.3) is 5.91 Å². The van der Waals surface area contributed by atoms with E-state index in [4.69, 9.17) is 21.1 Å². The van der Waals surface area contributed by atoms with E-state index in [2.05, 4.69) is 24.1 Å². The van der Waals surface area contributed by atoms with Gasteiger partial charge >= 0.3 is 0 Å². The first-order valence-electron chi connectivity index (χ1n) is 9.69. The predicted octanol–water partition coefficient (Wildman–Crippen LogP) is 4.19. The van der Waals surface area contributed by atoms with E-state index in [0.717, 1.165) is 12.0 Å². The lowest BCUT2D eigenvalue weighted by atomic mass is 10.1. The first-order valence-corrected chi connectivity index (χ1v) is 10.1. The summed E-state index contributed by atoms with van der Waals surface area (Å²) in [4.78, 5) is 30.5. The van der Waals surface area contributed by atoms with Crippen LogP contribution in [0.1, 0.15) is 36.2 Å². The third-order valence-electron chi connectivity index (χ3n) is 4.33. The average Bonchev–Trinajstić information content (AvgIpc) is 2.67. The maximum absolute atomic E-state index is 12.8. The van der Waals surface area contributed by atoms with E-state index in [1.54, 1.807) is 25.4 Å². The quantitative estimate of drug-likeness (QED) is 0.641. The average molecular weight is 434 g/mol. The summed E-state index contributed by atoms with van der Waals surface area (Å²) >= 11 is 6.34. The standard InChI is InChI=1S/C22H28ClN3O4/c1-14(2)7-9-30-21-17(23)11-16(12-18(21)29-5)22(28)26(4)13-20(27)25-19-10-15(3)6-8-24-19/h6,8,10-12,14H,7,9,13H2,1-5H3,(H,24,25,27). The Morgan fingerprint density at radius 2 is 2.00 bits per heavy atom. The van der Waals surface area contributed by atoms with Gasteiger partial charge < -0.3 is 19.7 Å². The van der Waals surface area contributed by atoms with Crippen LogP contribution in [0.5, 0.6) is 11.5 Å². The third kappa shape index (κ3) is 6.62. The molecule has 162 valence electrons. The molecule has 8 heteroatoms. The number of nitrogens with one attached hydrogen (secondary N) is 1. The van der Waals surface area contributed by atoms with Crippen molar-refractivity contribution in [3.63, 3.8) is 0 Å². The van der Waals surface area contributed by atoms with E-state index in [1.165, 1.54) is 18.1 Å². The van der Waals surface area contributed by atoms with Gasteiger partial charge in [0.05, 0.1) is 25.3 Å². The number of hydrogen-bond acceptors (Lipinski definition) is 5. The summed E-state index contributed by atoms with van der Waals surface area (Å²) in [6.07, 6.45) is 2.48. The summed E-state index contributed by atoms with van der Waals surface area (Å²) in [5.74, 6) is 0.990. The normalized spacial score (nSPS) is 10.6. The molecule has 0 aliphatic heterocycles. The largest absolute Gasteiger partial charge is 0.493 e. The molecule has 2 amide bonds. The van der Waals surface area contributed by atoms with Crippen LogP contribution in [0, 0.1) is 12.8 Å². The summed E-state index contributed by atoms with van der Waals surface area (Å²) in [7, 11) is 3.03. The number of halogens is 1. The van der Waals surface area contributed by atoms with Crippen molar-refractivity contribution in [3.8, 4) is 11.5 Å². The Hall–Kier alpha value is -2.80. The van der Waals surface area contributed by atoms with Crippen LogP contribution >= 0.6 is 11.6 Å². The van der Waals surface area contributed by atoms with Gasteiger partial charge in [-0.3, -0.25) is 9.59 Å². The van der Waals surface area contributed by atoms with E-state index in [-0.39, 0.29) is 23.4 Å². The highest BCUT2D eigenvalue weighted by molar-refractivity contribution is 6.32. The van der Waals surface area contributed by atoms with Crippen LogP contribution in [-0.2, 0) is 4.79 Å². The molecule has 2 rings (SSSR count). The second-order valence-corrected chi connectivity index (χ2v) is 7.86. The summed E-state index contributed by atoms with van der Waals surface area (Å²) in [6, 6.07) is 6.67. The monoisotopic (exact) mass is 433 g/mol. The minimum atomic E-state index is -0.365. The Morgan fingerprint density at radius 3 is 2.63 bits per heavy atom. The molecule has 1 N–H and O–H groups in total. The lowest BCUT2D eigenvalue weighted by Crippen LogP contribution is -2.35. The third-order valence-corrected chi connectivity index (χ3v) is 4.61. The van der Waals surface area contributed by atoms with Crippen LogP contribution < -0.4 is 14.8 Å². The van der Waals surface area contributed by atoms with Crippen LogP contribution in [0.2, 0.25) is 5.02 Å². The van der Waals surface area contributed by atoms with Crippen LogP contribution in [0.3, 0.4) is 0 Å². The van der Waals surface area contributed by atoms with Crippen LogP contribution in [0.15, 0.2) is 30.5 Å². The van der Waals surface area contributed by atoms with Gasteiger partial charge in [-0.2, -0.15) is 0 Å². The first-order chi connectivity index (χ1) is 14.2. The van der Waals surface area contributed by atoms with E-state index in [9.17, 15) is 9.59 Å². The molecule has 1 aromatic heterocycles. The Bertz CT molecular complexity index is 902. The number of nitrogens with zero attached hydrogens (tertiary/aromatic N) is 2. The molecule has 0 saturated carbocycles. The number of hydrogen-bond donors (Lipinski definition) is 1. The summed E-state index contributed by atoms with van der Waals surface area (Å²) in [5.41, 5.74) is 1.28. The van der Waals surface area contributed by atoms with E-state index in [1.807, 2.05) is 13.0 Å². The second-order valence-electron chi connectivity index (χ2n) is 7.45. The molecule has 0 spiro atoms. The number of rotatable bonds is 9. The molecule has 0 atom stereocenters. The zero-order chi connectivity index (χ0) is 22.3. The Kier molecular flexibility index (Phi) is 8.47. The zero-order valence-corrected chi connectivity index (χ0v) is 18.7. The Balaban J connectivity index is 2.07. The number of pyridine rings is 1. The molecule has 0 bridgehead atoms. The molecule has 1 aromatic carbocycles. The van der Waals surface area contributed by atoms with Crippen molar-refractivity contribution in [1.82, 2.24) is 9.88 Å². The number of carbonyl (C=O) groups is 2. The Labute approximate surface area is 182 Å². The van der Waals surface area contributed by atoms with E-state index in [0.29, 0.717) is 35.4 Å². The van der Waals surface area contributed by atoms with Gasteiger partial charge in [-0.05, 0) is 49.1 Å². The van der Waals surface area contributed by atoms with Crippen LogP contribution in [0.25, 0.3) is 0 Å². The minimum absolute atomic E-state index is 0.138. The SMILES string of the molecule is COc1cc(C(=O)N(C)CC(=O)Nc2cc(C)ccn2)cc(Cl)c1OCCC(C)C. The number of methoxy groups -OCH3 is 1. The summed E-state index contributed by atoms with van der Waals surface area (Å²) < 4.78 is 11.1. The molecule has 0 aliphatic rings. The molecule has 7 nitrogen and oxygen atoms in total. The van der Waals surface area contributed by atoms with Gasteiger partial charge in [0, 0.05) is 18.8 Å². The highest BCUT2D eigenvalue weighted by atomic mass is 35.5. The lowest BCUT2D eigenvalue weighted by molar-refractivity contribution is -0.116.